The zero-order chi connectivity index (χ0) is 12.8. The van der Waals surface area contributed by atoms with E-state index in [-0.39, 0.29) is 17.2 Å². The maximum Gasteiger partial charge on any atom is 0.495 e. The molecule has 1 aromatic rings. The first-order valence-corrected chi connectivity index (χ1v) is 5.20. The lowest BCUT2D eigenvalue weighted by molar-refractivity contribution is -0.151. The second kappa shape index (κ2) is 5.94. The molecule has 1 rings (SSSR count). The van der Waals surface area contributed by atoms with Crippen LogP contribution in [0.15, 0.2) is 24.3 Å². The van der Waals surface area contributed by atoms with E-state index in [0.717, 1.165) is 0 Å². The lowest BCUT2D eigenvalue weighted by Crippen LogP contribution is -2.27. The Kier molecular flexibility index (Phi) is 4.57. The third-order valence-corrected chi connectivity index (χ3v) is 2.24. The Morgan fingerprint density at radius 1 is 1.41 bits per heavy atom. The zero-order valence-corrected chi connectivity index (χ0v) is 9.82. The molecule has 1 N–H and O–H groups in total. The number of halogens is 1. The van der Waals surface area contributed by atoms with Gasteiger partial charge in [0.15, 0.2) is 0 Å². The van der Waals surface area contributed by atoms with Gasteiger partial charge in [-0.3, -0.25) is 4.79 Å². The summed E-state index contributed by atoms with van der Waals surface area (Å²) in [7, 11) is 0. The molecule has 0 aliphatic heterocycles. The molecule has 0 saturated heterocycles. The van der Waals surface area contributed by atoms with E-state index < -0.39 is 17.5 Å². The van der Waals surface area contributed by atoms with Crippen LogP contribution in [0.25, 0.3) is 0 Å². The summed E-state index contributed by atoms with van der Waals surface area (Å²) < 4.78 is 4.62. The van der Waals surface area contributed by atoms with Gasteiger partial charge in [0.1, 0.15) is 0 Å². The van der Waals surface area contributed by atoms with Crippen molar-refractivity contribution in [2.75, 3.05) is 6.61 Å². The minimum Gasteiger partial charge on any atom is -0.457 e. The van der Waals surface area contributed by atoms with E-state index in [1.54, 1.807) is 19.1 Å². The van der Waals surface area contributed by atoms with Crippen LogP contribution in [0.1, 0.15) is 17.3 Å². The quantitative estimate of drug-likeness (QED) is 0.222. The van der Waals surface area contributed by atoms with Crippen LogP contribution in [0, 0.1) is 5.53 Å². The third kappa shape index (κ3) is 3.00. The number of esters is 1. The summed E-state index contributed by atoms with van der Waals surface area (Å²) in [6, 6.07) is 6.23. The molecular formula is C11H10ClN2O3+. The summed E-state index contributed by atoms with van der Waals surface area (Å²) in [5, 5.41) is 0.197. The van der Waals surface area contributed by atoms with Gasteiger partial charge in [0.05, 0.1) is 22.0 Å². The Labute approximate surface area is 103 Å². The predicted octanol–water partition coefficient (Wildman–Crippen LogP) is 1.77. The smallest absolute Gasteiger partial charge is 0.457 e. The fourth-order valence-corrected chi connectivity index (χ4v) is 1.38. The predicted molar refractivity (Wildman–Crippen MR) is 60.4 cm³/mol. The van der Waals surface area contributed by atoms with Crippen LogP contribution in [0.5, 0.6) is 0 Å². The van der Waals surface area contributed by atoms with Crippen molar-refractivity contribution < 1.29 is 19.1 Å². The van der Waals surface area contributed by atoms with E-state index in [1.165, 1.54) is 12.1 Å². The normalized spacial score (nSPS) is 9.29. The summed E-state index contributed by atoms with van der Waals surface area (Å²) >= 11 is 5.81. The average Bonchev–Trinajstić information content (AvgIpc) is 2.30. The second-order valence-electron chi connectivity index (χ2n) is 2.99. The van der Waals surface area contributed by atoms with Gasteiger partial charge in [0, 0.05) is 5.56 Å². The minimum absolute atomic E-state index is 0.105. The number of carbonyl (C=O) groups is 2. The Morgan fingerprint density at radius 2 is 2.06 bits per heavy atom. The van der Waals surface area contributed by atoms with Crippen LogP contribution in [0.4, 0.5) is 0 Å². The van der Waals surface area contributed by atoms with Crippen LogP contribution in [0.2, 0.25) is 5.02 Å². The van der Waals surface area contributed by atoms with Gasteiger partial charge >= 0.3 is 11.7 Å². The first-order valence-electron chi connectivity index (χ1n) is 4.82. The molecule has 0 atom stereocenters. The lowest BCUT2D eigenvalue weighted by atomic mass is 10.1. The van der Waals surface area contributed by atoms with Crippen molar-refractivity contribution in [1.29, 1.82) is 5.53 Å². The highest BCUT2D eigenvalue weighted by Crippen LogP contribution is 2.15. The van der Waals surface area contributed by atoms with Crippen molar-refractivity contribution in [3.05, 3.63) is 34.9 Å². The molecule has 0 radical (unpaired) electrons. The Morgan fingerprint density at radius 3 is 2.59 bits per heavy atom. The number of hydrogen-bond acceptors (Lipinski definition) is 4. The van der Waals surface area contributed by atoms with Gasteiger partial charge in [-0.05, 0) is 19.1 Å². The van der Waals surface area contributed by atoms with E-state index in [9.17, 15) is 9.59 Å². The summed E-state index contributed by atoms with van der Waals surface area (Å²) in [6.45, 7) is 1.70. The van der Waals surface area contributed by atoms with Gasteiger partial charge in [0.25, 0.3) is 5.78 Å². The van der Waals surface area contributed by atoms with Gasteiger partial charge in [-0.15, -0.1) is 0 Å². The van der Waals surface area contributed by atoms with Crippen molar-refractivity contribution in [3.8, 4) is 0 Å². The zero-order valence-electron chi connectivity index (χ0n) is 9.07. The highest BCUT2D eigenvalue weighted by Gasteiger charge is 2.35. The van der Waals surface area contributed by atoms with Gasteiger partial charge in [-0.1, -0.05) is 23.7 Å². The number of nitrogens with zero attached hydrogens (tertiary/aromatic N) is 1. The molecule has 0 fully saturated rings. The summed E-state index contributed by atoms with van der Waals surface area (Å²) in [5.41, 5.74) is 6.38. The van der Waals surface area contributed by atoms with Crippen LogP contribution in [-0.4, -0.2) is 28.9 Å². The van der Waals surface area contributed by atoms with Crippen molar-refractivity contribution in [2.24, 2.45) is 0 Å². The monoisotopic (exact) mass is 253 g/mol. The molecule has 0 spiro atoms. The largest absolute Gasteiger partial charge is 0.495 e. The van der Waals surface area contributed by atoms with E-state index in [1.807, 2.05) is 0 Å². The van der Waals surface area contributed by atoms with Crippen molar-refractivity contribution in [3.63, 3.8) is 0 Å². The average molecular weight is 254 g/mol. The molecule has 1 aromatic carbocycles. The number of hydrogen-bond donors (Lipinski definition) is 1. The first kappa shape index (κ1) is 13.1. The van der Waals surface area contributed by atoms with Gasteiger partial charge in [-0.25, -0.2) is 4.79 Å². The van der Waals surface area contributed by atoms with E-state index >= 15 is 0 Å². The molecule has 0 aliphatic rings. The molecule has 0 aromatic heterocycles. The Balaban J connectivity index is 3.08. The minimum atomic E-state index is -0.924. The first-order chi connectivity index (χ1) is 8.11. The summed E-state index contributed by atoms with van der Waals surface area (Å²) in [4.78, 5) is 26.1. The van der Waals surface area contributed by atoms with Gasteiger partial charge in [0.2, 0.25) is 0 Å². The number of rotatable bonds is 4. The van der Waals surface area contributed by atoms with Crippen molar-refractivity contribution in [2.45, 2.75) is 6.92 Å². The topological polar surface area (TPSA) is 81.3 Å². The molecule has 0 unspecified atom stereocenters. The maximum atomic E-state index is 11.9. The highest BCUT2D eigenvalue weighted by molar-refractivity contribution is 6.66. The number of carbonyl (C=O) groups excluding carboxylic acids is 2. The standard InChI is InChI=1S/C11H10ClN2O3/c1-2-17-11(16)9(14-13)10(15)7-5-3-4-6-8(7)12/h3-6,13H,2H2,1H3/q+1. The molecule has 0 heterocycles. The van der Waals surface area contributed by atoms with Crippen molar-refractivity contribution in [1.82, 2.24) is 0 Å². The SMILES string of the molecule is CCOC(=O)C(=[N+]=N)C(=O)c1ccccc1Cl. The molecule has 88 valence electrons. The lowest BCUT2D eigenvalue weighted by Gasteiger charge is -1.98. The molecule has 0 amide bonds. The van der Waals surface area contributed by atoms with Crippen LogP contribution < -0.4 is 0 Å². The number of nitrogens with one attached hydrogen (secondary N) is 1. The second-order valence-corrected chi connectivity index (χ2v) is 3.40. The number of benzene rings is 1. The van der Waals surface area contributed by atoms with Crippen LogP contribution >= 0.6 is 11.6 Å². The summed E-state index contributed by atoms with van der Waals surface area (Å²) in [5.74, 6) is -1.64. The molecule has 17 heavy (non-hydrogen) atoms. The molecular weight excluding hydrogens is 244 g/mol. The number of ether oxygens (including phenoxy) is 1. The molecule has 0 bridgehead atoms. The molecule has 6 heteroatoms. The molecule has 5 nitrogen and oxygen atoms in total. The fourth-order valence-electron chi connectivity index (χ4n) is 1.16. The van der Waals surface area contributed by atoms with Crippen LogP contribution in [-0.2, 0) is 9.53 Å². The molecule has 0 aliphatic carbocycles. The van der Waals surface area contributed by atoms with E-state index in [2.05, 4.69) is 9.53 Å². The summed E-state index contributed by atoms with van der Waals surface area (Å²) in [6.07, 6.45) is 0. The highest BCUT2D eigenvalue weighted by atomic mass is 35.5. The van der Waals surface area contributed by atoms with Gasteiger partial charge < -0.3 is 4.74 Å². The van der Waals surface area contributed by atoms with E-state index in [4.69, 9.17) is 17.1 Å². The maximum absolute atomic E-state index is 11.9. The Hall–Kier alpha value is -1.97. The Bertz CT molecular complexity index is 507. The third-order valence-electron chi connectivity index (χ3n) is 1.91. The fraction of sp³-hybridized carbons (Fsp3) is 0.182. The number of Topliss-reactive ketones (excluding diaryl/α,β-unsaturated/α-hetero) is 1. The van der Waals surface area contributed by atoms with Gasteiger partial charge in [-0.2, -0.15) is 0 Å². The van der Waals surface area contributed by atoms with E-state index in [0.29, 0.717) is 0 Å². The van der Waals surface area contributed by atoms with Crippen molar-refractivity contribution >= 4 is 29.1 Å². The molecule has 0 saturated carbocycles. The number of ketones is 1. The van der Waals surface area contributed by atoms with Crippen LogP contribution in [0.3, 0.4) is 0 Å².